The molecule has 0 aliphatic carbocycles. The number of hydrogen-bond acceptors (Lipinski definition) is 5. The van der Waals surface area contributed by atoms with Crippen LogP contribution in [0.5, 0.6) is 11.5 Å². The Hall–Kier alpha value is -2.88. The summed E-state index contributed by atoms with van der Waals surface area (Å²) < 4.78 is 25.6. The Morgan fingerprint density at radius 3 is 1.57 bits per heavy atom. The highest BCUT2D eigenvalue weighted by atomic mass is 31.2. The summed E-state index contributed by atoms with van der Waals surface area (Å²) in [4.78, 5) is 12.6. The lowest BCUT2D eigenvalue weighted by atomic mass is 10.0. The van der Waals surface area contributed by atoms with Crippen LogP contribution in [0.2, 0.25) is 0 Å². The number of benzene rings is 3. The molecule has 0 radical (unpaired) electrons. The van der Waals surface area contributed by atoms with Crippen molar-refractivity contribution in [3.05, 3.63) is 96.6 Å². The van der Waals surface area contributed by atoms with Gasteiger partial charge in [0, 0.05) is 0 Å². The van der Waals surface area contributed by atoms with Crippen molar-refractivity contribution in [2.75, 3.05) is 0 Å². The van der Waals surface area contributed by atoms with E-state index in [-0.39, 0.29) is 5.78 Å². The second kappa shape index (κ2) is 8.87. The molecule has 0 saturated carbocycles. The molecule has 0 aromatic heterocycles. The van der Waals surface area contributed by atoms with Gasteiger partial charge in [-0.3, -0.25) is 4.79 Å². The van der Waals surface area contributed by atoms with Gasteiger partial charge in [0.1, 0.15) is 17.3 Å². The first-order valence-electron chi connectivity index (χ1n) is 8.89. The number of ketones is 1. The second-order valence-corrected chi connectivity index (χ2v) is 8.34. The molecular formula is C22H22NO4P. The molecule has 2 N–H and O–H groups in total. The first-order chi connectivity index (χ1) is 13.5. The maximum absolute atomic E-state index is 14.0. The molecule has 0 aliphatic rings. The predicted molar refractivity (Wildman–Crippen MR) is 110 cm³/mol. The largest absolute Gasteiger partial charge is 0.443 e. The van der Waals surface area contributed by atoms with Crippen molar-refractivity contribution in [1.29, 1.82) is 0 Å². The maximum Gasteiger partial charge on any atom is 0.443 e. The lowest BCUT2D eigenvalue weighted by Gasteiger charge is -2.29. The number of para-hydroxylation sites is 2. The Morgan fingerprint density at radius 1 is 0.786 bits per heavy atom. The molecule has 0 amide bonds. The van der Waals surface area contributed by atoms with E-state index < -0.39 is 19.3 Å². The third-order valence-electron chi connectivity index (χ3n) is 4.23. The number of hydrogen-bond donors (Lipinski definition) is 1. The van der Waals surface area contributed by atoms with Gasteiger partial charge in [-0.2, -0.15) is 0 Å². The quantitative estimate of drug-likeness (QED) is 0.543. The molecule has 0 fully saturated rings. The van der Waals surface area contributed by atoms with Gasteiger partial charge in [0.05, 0.1) is 6.04 Å². The van der Waals surface area contributed by atoms with E-state index in [1.165, 1.54) is 6.92 Å². The molecule has 0 aliphatic heterocycles. The van der Waals surface area contributed by atoms with Crippen LogP contribution in [0.15, 0.2) is 91.0 Å². The van der Waals surface area contributed by atoms with E-state index in [1.54, 1.807) is 60.7 Å². The zero-order valence-electron chi connectivity index (χ0n) is 15.5. The van der Waals surface area contributed by atoms with Gasteiger partial charge < -0.3 is 14.8 Å². The molecule has 5 nitrogen and oxygen atoms in total. The second-order valence-electron chi connectivity index (χ2n) is 6.34. The molecule has 0 spiro atoms. The van der Waals surface area contributed by atoms with Gasteiger partial charge in [-0.1, -0.05) is 66.7 Å². The predicted octanol–water partition coefficient (Wildman–Crippen LogP) is 5.00. The van der Waals surface area contributed by atoms with E-state index in [9.17, 15) is 9.36 Å². The summed E-state index contributed by atoms with van der Waals surface area (Å²) in [6.07, 6.45) is 0. The van der Waals surface area contributed by atoms with Gasteiger partial charge >= 0.3 is 7.60 Å². The van der Waals surface area contributed by atoms with E-state index in [2.05, 4.69) is 0 Å². The van der Waals surface area contributed by atoms with Gasteiger partial charge in [-0.25, -0.2) is 4.57 Å². The number of carbonyl (C=O) groups excluding carboxylic acids is 1. The lowest BCUT2D eigenvalue weighted by Crippen LogP contribution is -2.35. The molecule has 0 heterocycles. The van der Waals surface area contributed by atoms with Crippen molar-refractivity contribution in [2.24, 2.45) is 5.73 Å². The van der Waals surface area contributed by atoms with Crippen molar-refractivity contribution in [3.63, 3.8) is 0 Å². The minimum atomic E-state index is -4.03. The average Bonchev–Trinajstić information content (AvgIpc) is 2.69. The molecule has 3 rings (SSSR count). The summed E-state index contributed by atoms with van der Waals surface area (Å²) in [7, 11) is -4.03. The zero-order valence-corrected chi connectivity index (χ0v) is 16.4. The Balaban J connectivity index is 2.04. The van der Waals surface area contributed by atoms with Crippen molar-refractivity contribution < 1.29 is 18.4 Å². The maximum atomic E-state index is 14.0. The summed E-state index contributed by atoms with van der Waals surface area (Å²) >= 11 is 0. The number of carbonyl (C=O) groups is 1. The minimum absolute atomic E-state index is 0.341. The molecular weight excluding hydrogens is 373 g/mol. The standard InChI is InChI=1S/C22H22NO4P/c1-17(24)22(21(23)18-11-5-2-6-12-18)28(25,26-19-13-7-3-8-14-19)27-20-15-9-4-10-16-20/h2-16,21-22H,23H2,1H3. The van der Waals surface area contributed by atoms with Crippen LogP contribution in [0.1, 0.15) is 18.5 Å². The molecule has 28 heavy (non-hydrogen) atoms. The van der Waals surface area contributed by atoms with Gasteiger partial charge in [0.2, 0.25) is 0 Å². The summed E-state index contributed by atoms with van der Waals surface area (Å²) in [6.45, 7) is 1.35. The van der Waals surface area contributed by atoms with Crippen LogP contribution < -0.4 is 14.8 Å². The van der Waals surface area contributed by atoms with Gasteiger partial charge in [0.15, 0.2) is 5.66 Å². The van der Waals surface area contributed by atoms with Gasteiger partial charge in [0.25, 0.3) is 0 Å². The van der Waals surface area contributed by atoms with Crippen LogP contribution in [-0.2, 0) is 9.36 Å². The molecule has 144 valence electrons. The molecule has 3 aromatic rings. The van der Waals surface area contributed by atoms with E-state index in [0.29, 0.717) is 17.1 Å². The Labute approximate surface area is 164 Å². The molecule has 2 atom stereocenters. The highest BCUT2D eigenvalue weighted by Crippen LogP contribution is 2.56. The third kappa shape index (κ3) is 4.69. The van der Waals surface area contributed by atoms with Gasteiger partial charge in [-0.15, -0.1) is 0 Å². The molecule has 0 saturated heterocycles. The highest BCUT2D eigenvalue weighted by Gasteiger charge is 2.47. The van der Waals surface area contributed by atoms with Gasteiger partial charge in [-0.05, 0) is 36.8 Å². The van der Waals surface area contributed by atoms with Crippen molar-refractivity contribution in [1.82, 2.24) is 0 Å². The Bertz CT molecular complexity index is 903. The number of Topliss-reactive ketones (excluding diaryl/α,β-unsaturated/α-hetero) is 1. The number of rotatable bonds is 8. The first-order valence-corrected chi connectivity index (χ1v) is 10.5. The van der Waals surface area contributed by atoms with Crippen molar-refractivity contribution in [3.8, 4) is 11.5 Å². The minimum Gasteiger partial charge on any atom is -0.416 e. The topological polar surface area (TPSA) is 78.6 Å². The van der Waals surface area contributed by atoms with E-state index in [4.69, 9.17) is 14.8 Å². The summed E-state index contributed by atoms with van der Waals surface area (Å²) in [5.74, 6) is 0.313. The average molecular weight is 395 g/mol. The van der Waals surface area contributed by atoms with E-state index >= 15 is 0 Å². The number of nitrogens with two attached hydrogens (primary N) is 1. The summed E-state index contributed by atoms with van der Waals surface area (Å²) in [5, 5.41) is 0. The smallest absolute Gasteiger partial charge is 0.416 e. The fraction of sp³-hybridized carbons (Fsp3) is 0.136. The van der Waals surface area contributed by atoms with E-state index in [1.807, 2.05) is 30.3 Å². The van der Waals surface area contributed by atoms with Crippen LogP contribution in [0.4, 0.5) is 0 Å². The Morgan fingerprint density at radius 2 is 1.18 bits per heavy atom. The Kier molecular flexibility index (Phi) is 6.30. The normalized spacial score (nSPS) is 13.4. The summed E-state index contributed by atoms with van der Waals surface area (Å²) in [5.41, 5.74) is 5.89. The zero-order chi connectivity index (χ0) is 20.0. The first kappa shape index (κ1) is 19.9. The molecule has 3 aromatic carbocycles. The fourth-order valence-corrected chi connectivity index (χ4v) is 5.02. The summed E-state index contributed by atoms with van der Waals surface area (Å²) in [6, 6.07) is 25.5. The molecule has 0 bridgehead atoms. The lowest BCUT2D eigenvalue weighted by molar-refractivity contribution is -0.117. The molecule has 6 heteroatoms. The SMILES string of the molecule is CC(=O)C(C(N)c1ccccc1)P(=O)(Oc1ccccc1)Oc1ccccc1. The third-order valence-corrected chi connectivity index (χ3v) is 6.53. The van der Waals surface area contributed by atoms with Crippen LogP contribution in [0.3, 0.4) is 0 Å². The fourth-order valence-electron chi connectivity index (χ4n) is 2.92. The van der Waals surface area contributed by atoms with Crippen LogP contribution in [0, 0.1) is 0 Å². The van der Waals surface area contributed by atoms with Crippen molar-refractivity contribution in [2.45, 2.75) is 18.6 Å². The molecule has 2 unspecified atom stereocenters. The van der Waals surface area contributed by atoms with Crippen LogP contribution in [-0.4, -0.2) is 11.4 Å². The van der Waals surface area contributed by atoms with E-state index in [0.717, 1.165) is 0 Å². The van der Waals surface area contributed by atoms with Crippen molar-refractivity contribution >= 4 is 13.4 Å². The van der Waals surface area contributed by atoms with Crippen LogP contribution in [0.25, 0.3) is 0 Å². The highest BCUT2D eigenvalue weighted by molar-refractivity contribution is 7.56. The van der Waals surface area contributed by atoms with Crippen LogP contribution >= 0.6 is 7.60 Å². The monoisotopic (exact) mass is 395 g/mol.